The largest absolute Gasteiger partial charge is 0.469 e. The summed E-state index contributed by atoms with van der Waals surface area (Å²) in [4.78, 5) is 22.2. The zero-order valence-electron chi connectivity index (χ0n) is 11.1. The molecule has 20 heavy (non-hydrogen) atoms. The van der Waals surface area contributed by atoms with Gasteiger partial charge < -0.3 is 9.64 Å². The molecule has 1 fully saturated rings. The number of imidazole rings is 1. The highest BCUT2D eigenvalue weighted by Crippen LogP contribution is 2.25. The van der Waals surface area contributed by atoms with E-state index < -0.39 is 0 Å². The Morgan fingerprint density at radius 3 is 3.15 bits per heavy atom. The van der Waals surface area contributed by atoms with Crippen molar-refractivity contribution in [3.63, 3.8) is 0 Å². The van der Waals surface area contributed by atoms with Gasteiger partial charge in [0.15, 0.2) is 5.15 Å². The number of aromatic nitrogens is 3. The van der Waals surface area contributed by atoms with Crippen molar-refractivity contribution in [2.24, 2.45) is 5.92 Å². The Balaban J connectivity index is 1.91. The fourth-order valence-corrected chi connectivity index (χ4v) is 2.83. The number of anilines is 1. The number of piperidine rings is 1. The van der Waals surface area contributed by atoms with Crippen LogP contribution in [0.3, 0.4) is 0 Å². The molecular weight excluding hydrogens is 280 g/mol. The Hall–Kier alpha value is -1.82. The van der Waals surface area contributed by atoms with Crippen molar-refractivity contribution in [3.05, 3.63) is 23.7 Å². The predicted octanol–water partition coefficient (Wildman–Crippen LogP) is 1.77. The minimum atomic E-state index is -0.157. The first-order chi connectivity index (χ1) is 9.70. The van der Waals surface area contributed by atoms with Crippen molar-refractivity contribution in [2.75, 3.05) is 25.1 Å². The van der Waals surface area contributed by atoms with Gasteiger partial charge in [-0.05, 0) is 12.8 Å². The molecule has 0 spiro atoms. The Labute approximate surface area is 121 Å². The quantitative estimate of drug-likeness (QED) is 0.790. The Bertz CT molecular complexity index is 642. The minimum absolute atomic E-state index is 0.0987. The first kappa shape index (κ1) is 13.2. The van der Waals surface area contributed by atoms with Gasteiger partial charge in [0, 0.05) is 25.5 Å². The molecule has 0 amide bonds. The number of nitrogens with zero attached hydrogens (tertiary/aromatic N) is 4. The second-order valence-electron chi connectivity index (χ2n) is 4.84. The van der Waals surface area contributed by atoms with Crippen LogP contribution < -0.4 is 4.90 Å². The van der Waals surface area contributed by atoms with E-state index >= 15 is 0 Å². The molecule has 2 aromatic rings. The van der Waals surface area contributed by atoms with Crippen LogP contribution in [0, 0.1) is 5.92 Å². The van der Waals surface area contributed by atoms with Gasteiger partial charge in [0.05, 0.1) is 19.2 Å². The van der Waals surface area contributed by atoms with E-state index in [1.807, 2.05) is 10.6 Å². The summed E-state index contributed by atoms with van der Waals surface area (Å²) < 4.78 is 6.74. The molecule has 0 radical (unpaired) electrons. The first-order valence-corrected chi connectivity index (χ1v) is 6.89. The average molecular weight is 295 g/mol. The van der Waals surface area contributed by atoms with E-state index in [1.165, 1.54) is 7.11 Å². The average Bonchev–Trinajstić information content (AvgIpc) is 2.92. The van der Waals surface area contributed by atoms with Crippen LogP contribution in [0.5, 0.6) is 0 Å². The van der Waals surface area contributed by atoms with Crippen LogP contribution in [0.4, 0.5) is 5.95 Å². The van der Waals surface area contributed by atoms with Crippen LogP contribution in [0.15, 0.2) is 18.6 Å². The van der Waals surface area contributed by atoms with E-state index in [2.05, 4.69) is 14.9 Å². The molecule has 3 heterocycles. The molecule has 1 aliphatic heterocycles. The van der Waals surface area contributed by atoms with Gasteiger partial charge in [0.1, 0.15) is 5.52 Å². The number of halogens is 1. The standard InChI is InChI=1S/C13H15ClN4O2/c1-20-12(19)9-3-2-5-17(8-9)13-16-7-10-11(14)15-4-6-18(10)13/h4,6-7,9H,2-3,5,8H2,1H3/t9-/m0/s1. The maximum absolute atomic E-state index is 11.7. The third kappa shape index (κ3) is 2.20. The fourth-order valence-electron chi connectivity index (χ4n) is 2.63. The monoisotopic (exact) mass is 294 g/mol. The summed E-state index contributed by atoms with van der Waals surface area (Å²) >= 11 is 6.05. The molecule has 0 saturated carbocycles. The van der Waals surface area contributed by atoms with E-state index in [-0.39, 0.29) is 11.9 Å². The maximum Gasteiger partial charge on any atom is 0.310 e. The fraction of sp³-hybridized carbons (Fsp3) is 0.462. The molecule has 2 aromatic heterocycles. The maximum atomic E-state index is 11.7. The molecule has 0 N–H and O–H groups in total. The van der Waals surface area contributed by atoms with Gasteiger partial charge in [-0.1, -0.05) is 11.6 Å². The summed E-state index contributed by atoms with van der Waals surface area (Å²) in [6.07, 6.45) is 6.96. The summed E-state index contributed by atoms with van der Waals surface area (Å²) in [6.45, 7) is 1.48. The molecule has 6 nitrogen and oxygen atoms in total. The Morgan fingerprint density at radius 1 is 1.50 bits per heavy atom. The van der Waals surface area contributed by atoms with Gasteiger partial charge in [0.25, 0.3) is 0 Å². The summed E-state index contributed by atoms with van der Waals surface area (Å²) in [5, 5.41) is 0.424. The Morgan fingerprint density at radius 2 is 2.35 bits per heavy atom. The molecule has 7 heteroatoms. The van der Waals surface area contributed by atoms with Crippen molar-refractivity contribution in [1.29, 1.82) is 0 Å². The molecule has 1 atom stereocenters. The second-order valence-corrected chi connectivity index (χ2v) is 5.20. The van der Waals surface area contributed by atoms with Crippen LogP contribution in [-0.4, -0.2) is 40.5 Å². The lowest BCUT2D eigenvalue weighted by atomic mass is 9.98. The molecule has 0 aromatic carbocycles. The Kier molecular flexibility index (Phi) is 3.48. The molecule has 106 valence electrons. The van der Waals surface area contributed by atoms with Crippen LogP contribution >= 0.6 is 11.6 Å². The van der Waals surface area contributed by atoms with Gasteiger partial charge >= 0.3 is 5.97 Å². The third-order valence-corrected chi connectivity index (χ3v) is 3.92. The van der Waals surface area contributed by atoms with Crippen LogP contribution in [0.2, 0.25) is 5.15 Å². The number of methoxy groups -OCH3 is 1. The SMILES string of the molecule is COC(=O)[C@H]1CCCN(c2ncc3c(Cl)nccn23)C1. The van der Waals surface area contributed by atoms with Crippen LogP contribution in [0.1, 0.15) is 12.8 Å². The van der Waals surface area contributed by atoms with Crippen molar-refractivity contribution >= 4 is 29.0 Å². The van der Waals surface area contributed by atoms with Gasteiger partial charge in [-0.3, -0.25) is 9.20 Å². The highest BCUT2D eigenvalue weighted by atomic mass is 35.5. The molecule has 1 aliphatic rings. The van der Waals surface area contributed by atoms with Gasteiger partial charge in [-0.2, -0.15) is 0 Å². The summed E-state index contributed by atoms with van der Waals surface area (Å²) in [5.41, 5.74) is 0.768. The number of esters is 1. The normalized spacial score (nSPS) is 19.3. The molecule has 0 bridgehead atoms. The molecule has 1 saturated heterocycles. The van der Waals surface area contributed by atoms with Crippen LogP contribution in [0.25, 0.3) is 5.52 Å². The number of rotatable bonds is 2. The van der Waals surface area contributed by atoms with E-state index in [9.17, 15) is 4.79 Å². The van der Waals surface area contributed by atoms with E-state index in [0.29, 0.717) is 11.7 Å². The number of fused-ring (bicyclic) bond motifs is 1. The number of ether oxygens (including phenoxy) is 1. The second kappa shape index (κ2) is 5.28. The summed E-state index contributed by atoms with van der Waals surface area (Å²) in [7, 11) is 1.43. The van der Waals surface area contributed by atoms with E-state index in [1.54, 1.807) is 12.4 Å². The van der Waals surface area contributed by atoms with Gasteiger partial charge in [-0.15, -0.1) is 0 Å². The van der Waals surface area contributed by atoms with E-state index in [0.717, 1.165) is 30.9 Å². The lowest BCUT2D eigenvalue weighted by molar-refractivity contribution is -0.145. The number of carbonyl (C=O) groups excluding carboxylic acids is 1. The smallest absolute Gasteiger partial charge is 0.310 e. The number of hydrogen-bond donors (Lipinski definition) is 0. The topological polar surface area (TPSA) is 59.7 Å². The van der Waals surface area contributed by atoms with Gasteiger partial charge in [0.2, 0.25) is 5.95 Å². The molecule has 3 rings (SSSR count). The van der Waals surface area contributed by atoms with Crippen molar-refractivity contribution in [3.8, 4) is 0 Å². The zero-order chi connectivity index (χ0) is 14.1. The summed E-state index contributed by atoms with van der Waals surface area (Å²) in [6, 6.07) is 0. The van der Waals surface area contributed by atoms with Crippen LogP contribution in [-0.2, 0) is 9.53 Å². The summed E-state index contributed by atoms with van der Waals surface area (Å²) in [5.74, 6) is 0.534. The lowest BCUT2D eigenvalue weighted by Gasteiger charge is -2.31. The minimum Gasteiger partial charge on any atom is -0.469 e. The van der Waals surface area contributed by atoms with Crippen molar-refractivity contribution in [2.45, 2.75) is 12.8 Å². The first-order valence-electron chi connectivity index (χ1n) is 6.51. The lowest BCUT2D eigenvalue weighted by Crippen LogP contribution is -2.40. The van der Waals surface area contributed by atoms with Gasteiger partial charge in [-0.25, -0.2) is 9.97 Å². The molecular formula is C13H15ClN4O2. The zero-order valence-corrected chi connectivity index (χ0v) is 11.9. The number of carbonyl (C=O) groups is 1. The van der Waals surface area contributed by atoms with Crippen molar-refractivity contribution < 1.29 is 9.53 Å². The van der Waals surface area contributed by atoms with Crippen molar-refractivity contribution in [1.82, 2.24) is 14.4 Å². The predicted molar refractivity (Wildman–Crippen MR) is 75.0 cm³/mol. The van der Waals surface area contributed by atoms with E-state index in [4.69, 9.17) is 16.3 Å². The highest BCUT2D eigenvalue weighted by Gasteiger charge is 2.28. The number of hydrogen-bond acceptors (Lipinski definition) is 5. The third-order valence-electron chi connectivity index (χ3n) is 3.63. The highest BCUT2D eigenvalue weighted by molar-refractivity contribution is 6.32. The molecule has 0 aliphatic carbocycles. The molecule has 0 unspecified atom stereocenters.